The predicted molar refractivity (Wildman–Crippen MR) is 96.8 cm³/mol. The molecule has 5 aliphatic rings. The zero-order valence-electron chi connectivity index (χ0n) is 15.3. The van der Waals surface area contributed by atoms with Crippen molar-refractivity contribution in [3.63, 3.8) is 0 Å². The second kappa shape index (κ2) is 7.23. The van der Waals surface area contributed by atoms with Crippen LogP contribution in [0.15, 0.2) is 0 Å². The Hall–Kier alpha value is -0.770. The lowest BCUT2D eigenvalue weighted by Crippen LogP contribution is -2.57. The molecule has 0 atom stereocenters. The Balaban J connectivity index is 1.14. The Bertz CT molecular complexity index is 416. The normalized spacial score (nSPS) is 39.1. The Morgan fingerprint density at radius 1 is 1.00 bits per heavy atom. The maximum atomic E-state index is 12.3. The van der Waals surface area contributed by atoms with Gasteiger partial charge in [-0.1, -0.05) is 6.92 Å². The molecule has 0 spiro atoms. The lowest BCUT2D eigenvalue weighted by molar-refractivity contribution is -0.00941. The van der Waals surface area contributed by atoms with Gasteiger partial charge in [0.05, 0.1) is 0 Å². The van der Waals surface area contributed by atoms with Crippen molar-refractivity contribution in [2.45, 2.75) is 64.3 Å². The molecule has 0 radical (unpaired) electrons. The van der Waals surface area contributed by atoms with Gasteiger partial charge < -0.3 is 15.5 Å². The molecule has 1 aliphatic heterocycles. The van der Waals surface area contributed by atoms with Crippen LogP contribution in [0.4, 0.5) is 4.79 Å². The van der Waals surface area contributed by atoms with E-state index in [1.807, 2.05) is 0 Å². The number of carbonyl (C=O) groups is 1. The van der Waals surface area contributed by atoms with Crippen molar-refractivity contribution in [3.05, 3.63) is 0 Å². The molecular formula is C20H35N3O. The quantitative estimate of drug-likeness (QED) is 0.759. The van der Waals surface area contributed by atoms with Crippen LogP contribution in [-0.2, 0) is 0 Å². The van der Waals surface area contributed by atoms with E-state index >= 15 is 0 Å². The minimum absolute atomic E-state index is 0.0831. The monoisotopic (exact) mass is 333 g/mol. The van der Waals surface area contributed by atoms with E-state index in [0.29, 0.717) is 6.04 Å². The summed E-state index contributed by atoms with van der Waals surface area (Å²) >= 11 is 0. The van der Waals surface area contributed by atoms with Crippen LogP contribution >= 0.6 is 0 Å². The minimum Gasteiger partial charge on any atom is -0.338 e. The van der Waals surface area contributed by atoms with Crippen LogP contribution in [0, 0.1) is 29.6 Å². The minimum atomic E-state index is 0.0831. The molecule has 0 aromatic carbocycles. The van der Waals surface area contributed by atoms with Crippen LogP contribution < -0.4 is 10.6 Å². The average molecular weight is 334 g/mol. The molecule has 24 heavy (non-hydrogen) atoms. The number of rotatable bonds is 5. The average Bonchev–Trinajstić information content (AvgIpc) is 2.56. The van der Waals surface area contributed by atoms with Crippen LogP contribution in [0.5, 0.6) is 0 Å². The fraction of sp³-hybridized carbons (Fsp3) is 0.950. The van der Waals surface area contributed by atoms with Gasteiger partial charge in [-0.2, -0.15) is 0 Å². The van der Waals surface area contributed by atoms with Crippen LogP contribution in [0.25, 0.3) is 0 Å². The molecule has 4 bridgehead atoms. The molecule has 5 fully saturated rings. The number of nitrogens with one attached hydrogen (secondary N) is 2. The molecule has 1 heterocycles. The summed E-state index contributed by atoms with van der Waals surface area (Å²) in [5, 5.41) is 6.46. The highest BCUT2D eigenvalue weighted by Gasteiger charge is 2.48. The molecule has 4 heteroatoms. The molecule has 0 aromatic heterocycles. The van der Waals surface area contributed by atoms with Gasteiger partial charge in [-0.25, -0.2) is 4.79 Å². The number of nitrogens with zero attached hydrogens (tertiary/aromatic N) is 1. The summed E-state index contributed by atoms with van der Waals surface area (Å²) in [6.45, 7) is 6.77. The van der Waals surface area contributed by atoms with Gasteiger partial charge >= 0.3 is 6.03 Å². The number of likely N-dealkylation sites (tertiary alicyclic amines) is 1. The van der Waals surface area contributed by atoms with Gasteiger partial charge in [-0.05, 0) is 101 Å². The molecule has 4 aliphatic carbocycles. The van der Waals surface area contributed by atoms with E-state index in [-0.39, 0.29) is 6.03 Å². The number of hydrogen-bond donors (Lipinski definition) is 2. The van der Waals surface area contributed by atoms with Crippen LogP contribution in [0.2, 0.25) is 0 Å². The van der Waals surface area contributed by atoms with Gasteiger partial charge in [0.2, 0.25) is 0 Å². The standard InChI is InChI=1S/C20H35N3O/c1-14-3-7-23(8-4-14)6-2-5-21-20(24)22-19-17-10-15-9-16(12-17)13-18(19)11-15/h14-19H,2-13H2,1H3,(H2,21,22,24). The lowest BCUT2D eigenvalue weighted by atomic mass is 9.54. The van der Waals surface area contributed by atoms with E-state index in [1.165, 1.54) is 58.0 Å². The van der Waals surface area contributed by atoms with Crippen molar-refractivity contribution in [2.75, 3.05) is 26.2 Å². The summed E-state index contributed by atoms with van der Waals surface area (Å²) < 4.78 is 0. The van der Waals surface area contributed by atoms with Gasteiger partial charge in [-0.3, -0.25) is 0 Å². The topological polar surface area (TPSA) is 44.4 Å². The maximum Gasteiger partial charge on any atom is 0.315 e. The highest BCUT2D eigenvalue weighted by atomic mass is 16.2. The number of piperidine rings is 1. The third-order valence-corrected chi connectivity index (χ3v) is 7.34. The third kappa shape index (κ3) is 3.74. The molecule has 0 aromatic rings. The van der Waals surface area contributed by atoms with E-state index in [1.54, 1.807) is 0 Å². The summed E-state index contributed by atoms with van der Waals surface area (Å²) in [6, 6.07) is 0.543. The smallest absolute Gasteiger partial charge is 0.315 e. The van der Waals surface area contributed by atoms with E-state index < -0.39 is 0 Å². The zero-order valence-corrected chi connectivity index (χ0v) is 15.3. The Kier molecular flexibility index (Phi) is 5.03. The Morgan fingerprint density at radius 3 is 2.25 bits per heavy atom. The highest BCUT2D eigenvalue weighted by molar-refractivity contribution is 5.74. The van der Waals surface area contributed by atoms with Gasteiger partial charge in [0.25, 0.3) is 0 Å². The fourth-order valence-corrected chi connectivity index (χ4v) is 6.15. The van der Waals surface area contributed by atoms with Crippen molar-refractivity contribution in [1.82, 2.24) is 15.5 Å². The molecule has 5 rings (SSSR count). The third-order valence-electron chi connectivity index (χ3n) is 7.34. The molecule has 4 nitrogen and oxygen atoms in total. The zero-order chi connectivity index (χ0) is 16.5. The van der Waals surface area contributed by atoms with Gasteiger partial charge in [0, 0.05) is 12.6 Å². The molecular weight excluding hydrogens is 298 g/mol. The van der Waals surface area contributed by atoms with Crippen molar-refractivity contribution >= 4 is 6.03 Å². The largest absolute Gasteiger partial charge is 0.338 e. The number of hydrogen-bond acceptors (Lipinski definition) is 2. The fourth-order valence-electron chi connectivity index (χ4n) is 6.15. The number of urea groups is 1. The molecule has 2 amide bonds. The summed E-state index contributed by atoms with van der Waals surface area (Å²) in [4.78, 5) is 14.8. The number of amides is 2. The molecule has 1 saturated heterocycles. The van der Waals surface area contributed by atoms with E-state index in [4.69, 9.17) is 0 Å². The first-order valence-electron chi connectivity index (χ1n) is 10.4. The molecule has 4 saturated carbocycles. The SMILES string of the molecule is CC1CCN(CCCNC(=O)NC2C3CC4CC(C3)CC2C4)CC1. The van der Waals surface area contributed by atoms with Crippen molar-refractivity contribution < 1.29 is 4.79 Å². The molecule has 2 N–H and O–H groups in total. The van der Waals surface area contributed by atoms with E-state index in [0.717, 1.165) is 49.1 Å². The van der Waals surface area contributed by atoms with E-state index in [2.05, 4.69) is 22.5 Å². The Morgan fingerprint density at radius 2 is 1.62 bits per heavy atom. The highest BCUT2D eigenvalue weighted by Crippen LogP contribution is 2.53. The van der Waals surface area contributed by atoms with Crippen molar-refractivity contribution in [2.24, 2.45) is 29.6 Å². The van der Waals surface area contributed by atoms with Crippen molar-refractivity contribution in [1.29, 1.82) is 0 Å². The van der Waals surface area contributed by atoms with Gasteiger partial charge in [0.1, 0.15) is 0 Å². The first-order chi connectivity index (χ1) is 11.7. The molecule has 136 valence electrons. The first-order valence-corrected chi connectivity index (χ1v) is 10.4. The van der Waals surface area contributed by atoms with Gasteiger partial charge in [0.15, 0.2) is 0 Å². The summed E-state index contributed by atoms with van der Waals surface area (Å²) in [5.41, 5.74) is 0. The predicted octanol–water partition coefficient (Wildman–Crippen LogP) is 3.23. The second-order valence-electron chi connectivity index (χ2n) is 9.23. The van der Waals surface area contributed by atoms with Crippen molar-refractivity contribution in [3.8, 4) is 0 Å². The number of carbonyl (C=O) groups excluding carboxylic acids is 1. The van der Waals surface area contributed by atoms with E-state index in [9.17, 15) is 4.79 Å². The van der Waals surface area contributed by atoms with Gasteiger partial charge in [-0.15, -0.1) is 0 Å². The summed E-state index contributed by atoms with van der Waals surface area (Å²) in [7, 11) is 0. The second-order valence-corrected chi connectivity index (χ2v) is 9.23. The van der Waals surface area contributed by atoms with Crippen LogP contribution in [0.1, 0.15) is 58.3 Å². The Labute approximate surface area is 147 Å². The maximum absolute atomic E-state index is 12.3. The first kappa shape index (κ1) is 16.7. The lowest BCUT2D eigenvalue weighted by Gasteiger charge is -2.54. The summed E-state index contributed by atoms with van der Waals surface area (Å²) in [5.74, 6) is 4.37. The van der Waals surface area contributed by atoms with Crippen LogP contribution in [-0.4, -0.2) is 43.2 Å². The molecule has 0 unspecified atom stereocenters. The van der Waals surface area contributed by atoms with Crippen LogP contribution in [0.3, 0.4) is 0 Å². The summed E-state index contributed by atoms with van der Waals surface area (Å²) in [6.07, 6.45) is 10.7.